The standard InChI is InChI=1S/C25H31N5/c1-6-9-29-11-19(12-29)18-7-8-22-20(10-18)23(15(2)3)24(27-22)21-13-30-14-26-28-25(30)17(5)16(21)4/h7-8,10,13-15,19,27H,6,9,11-12H2,1-5H3. The summed E-state index contributed by atoms with van der Waals surface area (Å²) in [5.74, 6) is 1.09. The van der Waals surface area contributed by atoms with E-state index in [0.717, 1.165) is 5.65 Å². The van der Waals surface area contributed by atoms with Crippen LogP contribution in [0.3, 0.4) is 0 Å². The number of aryl methyl sites for hydroxylation is 1. The maximum Gasteiger partial charge on any atom is 0.163 e. The van der Waals surface area contributed by atoms with Crippen molar-refractivity contribution in [2.75, 3.05) is 19.6 Å². The van der Waals surface area contributed by atoms with Crippen LogP contribution in [-0.2, 0) is 0 Å². The van der Waals surface area contributed by atoms with Crippen LogP contribution in [0.15, 0.2) is 30.7 Å². The lowest BCUT2D eigenvalue weighted by molar-refractivity contribution is 0.149. The monoisotopic (exact) mass is 401 g/mol. The number of hydrogen-bond acceptors (Lipinski definition) is 3. The lowest BCUT2D eigenvalue weighted by Gasteiger charge is -2.39. The molecule has 1 aliphatic rings. The van der Waals surface area contributed by atoms with Crippen molar-refractivity contribution in [3.8, 4) is 11.3 Å². The molecule has 4 heterocycles. The lowest BCUT2D eigenvalue weighted by Crippen LogP contribution is -2.45. The van der Waals surface area contributed by atoms with E-state index < -0.39 is 0 Å². The van der Waals surface area contributed by atoms with E-state index >= 15 is 0 Å². The van der Waals surface area contributed by atoms with Gasteiger partial charge in [-0.25, -0.2) is 0 Å². The van der Waals surface area contributed by atoms with E-state index in [0.29, 0.717) is 11.8 Å². The first-order valence-electron chi connectivity index (χ1n) is 11.2. The largest absolute Gasteiger partial charge is 0.354 e. The molecule has 0 radical (unpaired) electrons. The molecule has 5 rings (SSSR count). The summed E-state index contributed by atoms with van der Waals surface area (Å²) in [6, 6.07) is 7.04. The molecule has 0 atom stereocenters. The molecule has 1 N–H and O–H groups in total. The van der Waals surface area contributed by atoms with Gasteiger partial charge in [0.05, 0.1) is 5.69 Å². The summed E-state index contributed by atoms with van der Waals surface area (Å²) >= 11 is 0. The summed E-state index contributed by atoms with van der Waals surface area (Å²) in [6.45, 7) is 14.8. The number of aromatic amines is 1. The third kappa shape index (κ3) is 2.95. The van der Waals surface area contributed by atoms with E-state index in [9.17, 15) is 0 Å². The SMILES string of the molecule is CCCN1CC(c2ccc3[nH]c(-c4cn5cnnc5c(C)c4C)c(C(C)C)c3c2)C1. The Labute approximate surface area is 178 Å². The minimum Gasteiger partial charge on any atom is -0.354 e. The van der Waals surface area contributed by atoms with Crippen LogP contribution in [0.4, 0.5) is 0 Å². The molecule has 5 nitrogen and oxygen atoms in total. The molecular formula is C25H31N5. The normalized spacial score (nSPS) is 15.5. The molecule has 1 aromatic carbocycles. The van der Waals surface area contributed by atoms with E-state index in [4.69, 9.17) is 0 Å². The Bertz CT molecular complexity index is 1220. The van der Waals surface area contributed by atoms with Crippen LogP contribution in [0.1, 0.15) is 61.3 Å². The van der Waals surface area contributed by atoms with Crippen LogP contribution in [0, 0.1) is 13.8 Å². The van der Waals surface area contributed by atoms with Gasteiger partial charge >= 0.3 is 0 Å². The molecule has 1 saturated heterocycles. The number of hydrogen-bond donors (Lipinski definition) is 1. The second-order valence-corrected chi connectivity index (χ2v) is 9.18. The van der Waals surface area contributed by atoms with Crippen LogP contribution >= 0.6 is 0 Å². The smallest absolute Gasteiger partial charge is 0.163 e. The fourth-order valence-electron chi connectivity index (χ4n) is 5.04. The van der Waals surface area contributed by atoms with Crippen molar-refractivity contribution in [1.29, 1.82) is 0 Å². The number of likely N-dealkylation sites (tertiary alicyclic amines) is 1. The topological polar surface area (TPSA) is 49.2 Å². The molecule has 0 spiro atoms. The second-order valence-electron chi connectivity index (χ2n) is 9.18. The Kier molecular flexibility index (Phi) is 4.66. The van der Waals surface area contributed by atoms with Crippen LogP contribution in [0.25, 0.3) is 27.8 Å². The summed E-state index contributed by atoms with van der Waals surface area (Å²) in [4.78, 5) is 6.31. The van der Waals surface area contributed by atoms with Crippen molar-refractivity contribution in [2.24, 2.45) is 0 Å². The second kappa shape index (κ2) is 7.24. The Hall–Kier alpha value is -2.66. The Morgan fingerprint density at radius 3 is 2.70 bits per heavy atom. The number of benzene rings is 1. The van der Waals surface area contributed by atoms with Crippen LogP contribution in [0.5, 0.6) is 0 Å². The minimum atomic E-state index is 0.429. The van der Waals surface area contributed by atoms with Gasteiger partial charge in [0.1, 0.15) is 6.33 Å². The lowest BCUT2D eigenvalue weighted by atomic mass is 9.88. The van der Waals surface area contributed by atoms with Gasteiger partial charge in [0.15, 0.2) is 5.65 Å². The fourth-order valence-corrected chi connectivity index (χ4v) is 5.04. The number of nitrogens with zero attached hydrogens (tertiary/aromatic N) is 4. The molecule has 1 fully saturated rings. The van der Waals surface area contributed by atoms with Crippen LogP contribution in [-0.4, -0.2) is 44.1 Å². The Balaban J connectivity index is 1.63. The van der Waals surface area contributed by atoms with E-state index in [1.165, 1.54) is 70.5 Å². The quantitative estimate of drug-likeness (QED) is 0.485. The zero-order valence-corrected chi connectivity index (χ0v) is 18.7. The molecule has 156 valence electrons. The number of nitrogens with one attached hydrogen (secondary N) is 1. The van der Waals surface area contributed by atoms with Gasteiger partial charge in [-0.15, -0.1) is 10.2 Å². The summed E-state index contributed by atoms with van der Waals surface area (Å²) < 4.78 is 2.04. The van der Waals surface area contributed by atoms with Crippen molar-refractivity contribution in [1.82, 2.24) is 24.5 Å². The van der Waals surface area contributed by atoms with Gasteiger partial charge in [0, 0.05) is 41.7 Å². The molecule has 5 heteroatoms. The first kappa shape index (κ1) is 19.3. The molecule has 0 bridgehead atoms. The van der Waals surface area contributed by atoms with Gasteiger partial charge in [0.25, 0.3) is 0 Å². The number of fused-ring (bicyclic) bond motifs is 2. The van der Waals surface area contributed by atoms with Gasteiger partial charge in [-0.05, 0) is 67.1 Å². The van der Waals surface area contributed by atoms with Crippen LogP contribution in [0.2, 0.25) is 0 Å². The highest BCUT2D eigenvalue weighted by atomic mass is 15.2. The summed E-state index contributed by atoms with van der Waals surface area (Å²) in [6.07, 6.45) is 5.20. The van der Waals surface area contributed by atoms with Crippen molar-refractivity contribution in [3.63, 3.8) is 0 Å². The predicted octanol–water partition coefficient (Wildman–Crippen LogP) is 5.43. The number of pyridine rings is 1. The average Bonchev–Trinajstić information content (AvgIpc) is 3.30. The molecule has 0 unspecified atom stereocenters. The maximum absolute atomic E-state index is 4.28. The molecule has 4 aromatic rings. The maximum atomic E-state index is 4.28. The van der Waals surface area contributed by atoms with Crippen molar-refractivity contribution < 1.29 is 0 Å². The molecule has 30 heavy (non-hydrogen) atoms. The summed E-state index contributed by atoms with van der Waals surface area (Å²) in [5.41, 5.74) is 9.96. The zero-order valence-electron chi connectivity index (χ0n) is 18.7. The van der Waals surface area contributed by atoms with E-state index in [-0.39, 0.29) is 0 Å². The fraction of sp³-hybridized carbons (Fsp3) is 0.440. The Morgan fingerprint density at radius 2 is 1.97 bits per heavy atom. The Morgan fingerprint density at radius 1 is 1.17 bits per heavy atom. The number of aromatic nitrogens is 4. The molecule has 1 aliphatic heterocycles. The third-order valence-electron chi connectivity index (χ3n) is 6.82. The van der Waals surface area contributed by atoms with Gasteiger partial charge in [-0.2, -0.15) is 0 Å². The van der Waals surface area contributed by atoms with Gasteiger partial charge < -0.3 is 9.88 Å². The van der Waals surface area contributed by atoms with E-state index in [2.05, 4.69) is 79.1 Å². The van der Waals surface area contributed by atoms with Gasteiger partial charge in [-0.1, -0.05) is 26.8 Å². The van der Waals surface area contributed by atoms with Crippen molar-refractivity contribution >= 4 is 16.6 Å². The van der Waals surface area contributed by atoms with E-state index in [1.807, 2.05) is 4.40 Å². The molecule has 0 aliphatic carbocycles. The highest BCUT2D eigenvalue weighted by Gasteiger charge is 2.28. The molecule has 0 saturated carbocycles. The zero-order chi connectivity index (χ0) is 21.0. The number of H-pyrrole nitrogens is 1. The highest BCUT2D eigenvalue weighted by molar-refractivity contribution is 5.92. The number of rotatable bonds is 5. The third-order valence-corrected chi connectivity index (χ3v) is 6.82. The van der Waals surface area contributed by atoms with Gasteiger partial charge in [0.2, 0.25) is 0 Å². The van der Waals surface area contributed by atoms with Crippen LogP contribution < -0.4 is 0 Å². The summed E-state index contributed by atoms with van der Waals surface area (Å²) in [5, 5.41) is 9.75. The predicted molar refractivity (Wildman–Crippen MR) is 123 cm³/mol. The van der Waals surface area contributed by atoms with Crippen molar-refractivity contribution in [2.45, 2.75) is 52.9 Å². The summed E-state index contributed by atoms with van der Waals surface area (Å²) in [7, 11) is 0. The first-order chi connectivity index (χ1) is 14.5. The average molecular weight is 402 g/mol. The van der Waals surface area contributed by atoms with Gasteiger partial charge in [-0.3, -0.25) is 4.40 Å². The molecule has 0 amide bonds. The van der Waals surface area contributed by atoms with E-state index in [1.54, 1.807) is 6.33 Å². The minimum absolute atomic E-state index is 0.429. The molecule has 3 aromatic heterocycles. The molecular weight excluding hydrogens is 370 g/mol. The first-order valence-corrected chi connectivity index (χ1v) is 11.2. The highest BCUT2D eigenvalue weighted by Crippen LogP contribution is 2.39. The van der Waals surface area contributed by atoms with Crippen molar-refractivity contribution in [3.05, 3.63) is 53.0 Å².